The molecule has 0 heterocycles. The smallest absolute Gasteiger partial charge is 0.127 e. The van der Waals surface area contributed by atoms with Gasteiger partial charge in [-0.2, -0.15) is 0 Å². The van der Waals surface area contributed by atoms with Crippen LogP contribution in [-0.2, 0) is 6.42 Å². The van der Waals surface area contributed by atoms with Crippen LogP contribution in [0, 0.1) is 17.7 Å². The molecule has 1 aliphatic rings. The zero-order chi connectivity index (χ0) is 12.4. The summed E-state index contributed by atoms with van der Waals surface area (Å²) in [7, 11) is 0. The minimum Gasteiger partial charge on any atom is -0.327 e. The number of benzene rings is 1. The van der Waals surface area contributed by atoms with E-state index in [2.05, 4.69) is 22.9 Å². The summed E-state index contributed by atoms with van der Waals surface area (Å²) in [5, 5.41) is 0. The molecular weight excluding hydrogens is 281 g/mol. The Balaban J connectivity index is 2.08. The fourth-order valence-electron chi connectivity index (χ4n) is 2.73. The summed E-state index contributed by atoms with van der Waals surface area (Å²) in [6, 6.07) is 5.53. The molecule has 0 amide bonds. The van der Waals surface area contributed by atoms with Crippen LogP contribution in [0.1, 0.15) is 31.7 Å². The SMILES string of the molecule is CC1CCC(N)C(Cc2ccc(Br)cc2F)C1. The van der Waals surface area contributed by atoms with Gasteiger partial charge in [-0.1, -0.05) is 28.9 Å². The Labute approximate surface area is 111 Å². The fraction of sp³-hybridized carbons (Fsp3) is 0.571. The molecule has 94 valence electrons. The maximum atomic E-state index is 13.8. The van der Waals surface area contributed by atoms with Gasteiger partial charge in [0.15, 0.2) is 0 Å². The van der Waals surface area contributed by atoms with E-state index >= 15 is 0 Å². The van der Waals surface area contributed by atoms with Crippen molar-refractivity contribution in [3.63, 3.8) is 0 Å². The topological polar surface area (TPSA) is 26.0 Å². The van der Waals surface area contributed by atoms with Crippen molar-refractivity contribution in [1.29, 1.82) is 0 Å². The van der Waals surface area contributed by atoms with Crippen LogP contribution in [0.2, 0.25) is 0 Å². The molecule has 1 aromatic rings. The standard InChI is InChI=1S/C14H19BrFN/c1-9-2-5-14(17)11(6-9)7-10-3-4-12(15)8-13(10)16/h3-4,8-9,11,14H,2,5-7,17H2,1H3. The van der Waals surface area contributed by atoms with Crippen LogP contribution in [0.5, 0.6) is 0 Å². The summed E-state index contributed by atoms with van der Waals surface area (Å²) in [6.07, 6.45) is 4.17. The second-order valence-corrected chi connectivity index (χ2v) is 6.20. The van der Waals surface area contributed by atoms with E-state index in [-0.39, 0.29) is 11.9 Å². The number of nitrogens with two attached hydrogens (primary N) is 1. The zero-order valence-electron chi connectivity index (χ0n) is 10.1. The summed E-state index contributed by atoms with van der Waals surface area (Å²) in [4.78, 5) is 0. The lowest BCUT2D eigenvalue weighted by atomic mass is 9.76. The van der Waals surface area contributed by atoms with Crippen molar-refractivity contribution in [3.05, 3.63) is 34.1 Å². The Hall–Kier alpha value is -0.410. The summed E-state index contributed by atoms with van der Waals surface area (Å²) in [5.41, 5.74) is 6.93. The molecule has 0 bridgehead atoms. The third-order valence-electron chi connectivity index (χ3n) is 3.80. The predicted molar refractivity (Wildman–Crippen MR) is 72.3 cm³/mol. The third-order valence-corrected chi connectivity index (χ3v) is 4.29. The molecule has 1 nitrogen and oxygen atoms in total. The van der Waals surface area contributed by atoms with Gasteiger partial charge in [0.2, 0.25) is 0 Å². The van der Waals surface area contributed by atoms with Gasteiger partial charge < -0.3 is 5.73 Å². The molecule has 3 heteroatoms. The normalized spacial score (nSPS) is 29.3. The first-order valence-electron chi connectivity index (χ1n) is 6.25. The van der Waals surface area contributed by atoms with E-state index in [1.165, 1.54) is 12.5 Å². The molecule has 17 heavy (non-hydrogen) atoms. The number of hydrogen-bond donors (Lipinski definition) is 1. The molecular formula is C14H19BrFN. The maximum absolute atomic E-state index is 13.8. The largest absolute Gasteiger partial charge is 0.327 e. The lowest BCUT2D eigenvalue weighted by Crippen LogP contribution is -2.36. The van der Waals surface area contributed by atoms with E-state index in [0.717, 1.165) is 35.2 Å². The van der Waals surface area contributed by atoms with Crippen molar-refractivity contribution in [2.45, 2.75) is 38.6 Å². The fourth-order valence-corrected chi connectivity index (χ4v) is 3.06. The molecule has 2 N–H and O–H groups in total. The molecule has 0 spiro atoms. The van der Waals surface area contributed by atoms with Gasteiger partial charge in [-0.25, -0.2) is 4.39 Å². The lowest BCUT2D eigenvalue weighted by Gasteiger charge is -2.32. The first kappa shape index (κ1) is 13.0. The van der Waals surface area contributed by atoms with Gasteiger partial charge in [-0.05, 0) is 55.2 Å². The molecule has 3 atom stereocenters. The molecule has 1 saturated carbocycles. The number of halogens is 2. The predicted octanol–water partition coefficient (Wildman–Crippen LogP) is 3.89. The Bertz CT molecular complexity index is 394. The van der Waals surface area contributed by atoms with Gasteiger partial charge in [0.05, 0.1) is 0 Å². The highest BCUT2D eigenvalue weighted by Crippen LogP contribution is 2.31. The molecule has 1 aromatic carbocycles. The van der Waals surface area contributed by atoms with E-state index in [0.29, 0.717) is 5.92 Å². The first-order valence-corrected chi connectivity index (χ1v) is 7.05. The molecule has 1 fully saturated rings. The zero-order valence-corrected chi connectivity index (χ0v) is 11.7. The van der Waals surface area contributed by atoms with Crippen LogP contribution >= 0.6 is 15.9 Å². The Morgan fingerprint density at radius 3 is 2.88 bits per heavy atom. The average Bonchev–Trinajstić information content (AvgIpc) is 2.27. The molecule has 3 unspecified atom stereocenters. The lowest BCUT2D eigenvalue weighted by molar-refractivity contribution is 0.243. The van der Waals surface area contributed by atoms with E-state index in [1.54, 1.807) is 0 Å². The van der Waals surface area contributed by atoms with Gasteiger partial charge in [0, 0.05) is 10.5 Å². The molecule has 0 saturated heterocycles. The van der Waals surface area contributed by atoms with Crippen molar-refractivity contribution < 1.29 is 4.39 Å². The molecule has 0 radical (unpaired) electrons. The van der Waals surface area contributed by atoms with E-state index < -0.39 is 0 Å². The van der Waals surface area contributed by atoms with Crippen LogP contribution in [0.25, 0.3) is 0 Å². The maximum Gasteiger partial charge on any atom is 0.127 e. The highest BCUT2D eigenvalue weighted by atomic mass is 79.9. The molecule has 1 aliphatic carbocycles. The summed E-state index contributed by atoms with van der Waals surface area (Å²) in [6.45, 7) is 2.26. The van der Waals surface area contributed by atoms with E-state index in [4.69, 9.17) is 5.73 Å². The monoisotopic (exact) mass is 299 g/mol. The van der Waals surface area contributed by atoms with Crippen molar-refractivity contribution in [3.8, 4) is 0 Å². The Kier molecular flexibility index (Phi) is 4.21. The van der Waals surface area contributed by atoms with Gasteiger partial charge in [-0.15, -0.1) is 0 Å². The van der Waals surface area contributed by atoms with E-state index in [9.17, 15) is 4.39 Å². The Morgan fingerprint density at radius 2 is 2.18 bits per heavy atom. The number of rotatable bonds is 2. The number of hydrogen-bond acceptors (Lipinski definition) is 1. The van der Waals surface area contributed by atoms with Gasteiger partial charge in [0.1, 0.15) is 5.82 Å². The van der Waals surface area contributed by atoms with Crippen LogP contribution in [0.15, 0.2) is 22.7 Å². The van der Waals surface area contributed by atoms with Gasteiger partial charge >= 0.3 is 0 Å². The summed E-state index contributed by atoms with van der Waals surface area (Å²) >= 11 is 3.28. The van der Waals surface area contributed by atoms with Crippen molar-refractivity contribution >= 4 is 15.9 Å². The minimum absolute atomic E-state index is 0.121. The minimum atomic E-state index is -0.121. The van der Waals surface area contributed by atoms with Crippen molar-refractivity contribution in [1.82, 2.24) is 0 Å². The van der Waals surface area contributed by atoms with Crippen LogP contribution < -0.4 is 5.73 Å². The van der Waals surface area contributed by atoms with Crippen LogP contribution in [0.3, 0.4) is 0 Å². The second-order valence-electron chi connectivity index (χ2n) is 5.28. The van der Waals surface area contributed by atoms with Crippen molar-refractivity contribution in [2.24, 2.45) is 17.6 Å². The Morgan fingerprint density at radius 1 is 1.41 bits per heavy atom. The highest BCUT2D eigenvalue weighted by Gasteiger charge is 2.26. The van der Waals surface area contributed by atoms with Crippen LogP contribution in [0.4, 0.5) is 4.39 Å². The van der Waals surface area contributed by atoms with Gasteiger partial charge in [0.25, 0.3) is 0 Å². The second kappa shape index (κ2) is 5.49. The first-order chi connectivity index (χ1) is 8.06. The summed E-state index contributed by atoms with van der Waals surface area (Å²) < 4.78 is 14.6. The average molecular weight is 300 g/mol. The van der Waals surface area contributed by atoms with E-state index in [1.807, 2.05) is 12.1 Å². The third kappa shape index (κ3) is 3.29. The quantitative estimate of drug-likeness (QED) is 0.881. The van der Waals surface area contributed by atoms with Crippen LogP contribution in [-0.4, -0.2) is 6.04 Å². The molecule has 0 aliphatic heterocycles. The summed E-state index contributed by atoms with van der Waals surface area (Å²) in [5.74, 6) is 1.03. The molecule has 0 aromatic heterocycles. The van der Waals surface area contributed by atoms with Crippen molar-refractivity contribution in [2.75, 3.05) is 0 Å². The molecule has 2 rings (SSSR count). The van der Waals surface area contributed by atoms with Gasteiger partial charge in [-0.3, -0.25) is 0 Å². The highest BCUT2D eigenvalue weighted by molar-refractivity contribution is 9.10.